The van der Waals surface area contributed by atoms with Crippen LogP contribution in [0, 0.1) is 5.41 Å². The fourth-order valence-corrected chi connectivity index (χ4v) is 1.34. The van der Waals surface area contributed by atoms with E-state index in [4.69, 9.17) is 11.5 Å². The van der Waals surface area contributed by atoms with Gasteiger partial charge in [0.15, 0.2) is 0 Å². The second-order valence-corrected chi connectivity index (χ2v) is 4.87. The van der Waals surface area contributed by atoms with Gasteiger partial charge in [-0.15, -0.1) is 0 Å². The number of nitrogens with two attached hydrogens (primary N) is 2. The topological polar surface area (TPSA) is 138 Å². The van der Waals surface area contributed by atoms with Crippen LogP contribution in [0.25, 0.3) is 5.95 Å². The number of carbonyl (C=O) groups is 1. The first-order valence-corrected chi connectivity index (χ1v) is 5.94. The van der Waals surface area contributed by atoms with Crippen molar-refractivity contribution in [1.29, 1.82) is 0 Å². The van der Waals surface area contributed by atoms with E-state index in [0.29, 0.717) is 5.95 Å². The van der Waals surface area contributed by atoms with Crippen LogP contribution in [0.4, 0.5) is 11.9 Å². The summed E-state index contributed by atoms with van der Waals surface area (Å²) in [5, 5.41) is 6.94. The number of amides is 1. The van der Waals surface area contributed by atoms with Crippen molar-refractivity contribution in [3.63, 3.8) is 0 Å². The normalized spacial score (nSPS) is 11.3. The molecule has 0 aromatic carbocycles. The van der Waals surface area contributed by atoms with Gasteiger partial charge in [0.2, 0.25) is 17.8 Å². The molecule has 0 saturated carbocycles. The molecule has 0 atom stereocenters. The molecule has 0 aliphatic rings. The Kier molecular flexibility index (Phi) is 3.51. The van der Waals surface area contributed by atoms with Crippen molar-refractivity contribution in [2.75, 3.05) is 17.6 Å². The van der Waals surface area contributed by atoms with E-state index in [-0.39, 0.29) is 18.4 Å². The lowest BCUT2D eigenvalue weighted by Gasteiger charge is -2.20. The fourth-order valence-electron chi connectivity index (χ4n) is 1.34. The molecule has 0 bridgehead atoms. The molecule has 5 N–H and O–H groups in total. The third-order valence-electron chi connectivity index (χ3n) is 2.71. The average Bonchev–Trinajstić information content (AvgIpc) is 2.89. The number of primary amides is 1. The van der Waals surface area contributed by atoms with Crippen LogP contribution >= 0.6 is 0 Å². The Morgan fingerprint density at radius 2 is 2.15 bits per heavy atom. The van der Waals surface area contributed by atoms with Gasteiger partial charge in [-0.3, -0.25) is 4.79 Å². The van der Waals surface area contributed by atoms with Gasteiger partial charge in [-0.05, 0) is 19.9 Å². The van der Waals surface area contributed by atoms with Gasteiger partial charge in [-0.2, -0.15) is 20.1 Å². The van der Waals surface area contributed by atoms with E-state index in [1.807, 2.05) is 0 Å². The van der Waals surface area contributed by atoms with Gasteiger partial charge < -0.3 is 16.8 Å². The summed E-state index contributed by atoms with van der Waals surface area (Å²) < 4.78 is 1.46. The Hall–Kier alpha value is -2.71. The lowest BCUT2D eigenvalue weighted by atomic mass is 9.93. The predicted molar refractivity (Wildman–Crippen MR) is 72.8 cm³/mol. The molecule has 2 heterocycles. The zero-order chi connectivity index (χ0) is 14.8. The molecule has 0 saturated heterocycles. The van der Waals surface area contributed by atoms with Gasteiger partial charge >= 0.3 is 0 Å². The van der Waals surface area contributed by atoms with Crippen molar-refractivity contribution in [1.82, 2.24) is 24.7 Å². The van der Waals surface area contributed by atoms with E-state index in [2.05, 4.69) is 25.4 Å². The van der Waals surface area contributed by atoms with Gasteiger partial charge in [0.25, 0.3) is 5.95 Å². The zero-order valence-corrected chi connectivity index (χ0v) is 11.2. The molecule has 9 nitrogen and oxygen atoms in total. The van der Waals surface area contributed by atoms with Crippen LogP contribution in [0.5, 0.6) is 0 Å². The summed E-state index contributed by atoms with van der Waals surface area (Å²) in [4.78, 5) is 23.4. The number of rotatable bonds is 5. The zero-order valence-electron chi connectivity index (χ0n) is 11.2. The van der Waals surface area contributed by atoms with Crippen LogP contribution in [-0.2, 0) is 4.79 Å². The molecule has 0 radical (unpaired) electrons. The van der Waals surface area contributed by atoms with Gasteiger partial charge in [-0.25, -0.2) is 4.68 Å². The van der Waals surface area contributed by atoms with E-state index in [0.717, 1.165) is 0 Å². The number of nitrogen functional groups attached to an aromatic ring is 1. The third-order valence-corrected chi connectivity index (χ3v) is 2.71. The number of carbonyl (C=O) groups excluding carboxylic acids is 1. The lowest BCUT2D eigenvalue weighted by Crippen LogP contribution is -2.37. The van der Waals surface area contributed by atoms with Crippen LogP contribution in [0.2, 0.25) is 0 Å². The highest BCUT2D eigenvalue weighted by molar-refractivity contribution is 5.80. The summed E-state index contributed by atoms with van der Waals surface area (Å²) in [6, 6.07) is 1.74. The molecule has 106 valence electrons. The second kappa shape index (κ2) is 5.11. The summed E-state index contributed by atoms with van der Waals surface area (Å²) in [6.07, 6.45) is 3.29. The molecule has 0 unspecified atom stereocenters. The average molecular weight is 276 g/mol. The predicted octanol–water partition coefficient (Wildman–Crippen LogP) is -0.437. The molecule has 0 spiro atoms. The van der Waals surface area contributed by atoms with Crippen molar-refractivity contribution in [2.45, 2.75) is 13.8 Å². The summed E-state index contributed by atoms with van der Waals surface area (Å²) >= 11 is 0. The number of aromatic nitrogens is 5. The van der Waals surface area contributed by atoms with E-state index < -0.39 is 11.3 Å². The van der Waals surface area contributed by atoms with Crippen LogP contribution < -0.4 is 16.8 Å². The standard InChI is InChI=1S/C11H16N8O/c1-11(2,7(12)20)6-14-9-16-8(13)17-10(18-9)19-5-3-4-15-19/h3-5H,6H2,1-2H3,(H2,12,20)(H3,13,14,16,17,18). The number of anilines is 2. The minimum absolute atomic E-state index is 0.0601. The highest BCUT2D eigenvalue weighted by Gasteiger charge is 2.25. The molecule has 0 fully saturated rings. The van der Waals surface area contributed by atoms with Crippen molar-refractivity contribution in [2.24, 2.45) is 11.1 Å². The smallest absolute Gasteiger partial charge is 0.257 e. The summed E-state index contributed by atoms with van der Waals surface area (Å²) in [5.74, 6) is 0.198. The van der Waals surface area contributed by atoms with Crippen molar-refractivity contribution in [3.8, 4) is 5.95 Å². The fraction of sp³-hybridized carbons (Fsp3) is 0.364. The van der Waals surface area contributed by atoms with Crippen molar-refractivity contribution >= 4 is 17.8 Å². The maximum atomic E-state index is 11.3. The first kappa shape index (κ1) is 13.7. The highest BCUT2D eigenvalue weighted by Crippen LogP contribution is 2.15. The molecule has 0 aliphatic heterocycles. The summed E-state index contributed by atoms with van der Waals surface area (Å²) in [5.41, 5.74) is 10.2. The minimum Gasteiger partial charge on any atom is -0.369 e. The first-order chi connectivity index (χ1) is 9.38. The number of hydrogen-bond acceptors (Lipinski definition) is 7. The molecule has 2 rings (SSSR count). The molecule has 9 heteroatoms. The van der Waals surface area contributed by atoms with Crippen LogP contribution in [0.15, 0.2) is 18.5 Å². The second-order valence-electron chi connectivity index (χ2n) is 4.87. The van der Waals surface area contributed by atoms with E-state index >= 15 is 0 Å². The number of nitrogens with one attached hydrogen (secondary N) is 1. The third kappa shape index (κ3) is 2.99. The Morgan fingerprint density at radius 1 is 1.40 bits per heavy atom. The lowest BCUT2D eigenvalue weighted by molar-refractivity contribution is -0.125. The molecular formula is C11H16N8O. The van der Waals surface area contributed by atoms with Gasteiger partial charge in [0, 0.05) is 18.9 Å². The number of nitrogens with zero attached hydrogens (tertiary/aromatic N) is 5. The Bertz CT molecular complexity index is 607. The molecule has 20 heavy (non-hydrogen) atoms. The van der Waals surface area contributed by atoms with E-state index in [9.17, 15) is 4.79 Å². The van der Waals surface area contributed by atoms with Crippen LogP contribution in [-0.4, -0.2) is 37.2 Å². The van der Waals surface area contributed by atoms with Gasteiger partial charge in [-0.1, -0.05) is 0 Å². The molecule has 0 aliphatic carbocycles. The Labute approximate surface area is 115 Å². The monoisotopic (exact) mass is 276 g/mol. The van der Waals surface area contributed by atoms with Crippen LogP contribution in [0.3, 0.4) is 0 Å². The van der Waals surface area contributed by atoms with Gasteiger partial charge in [0.1, 0.15) is 0 Å². The molecular weight excluding hydrogens is 260 g/mol. The van der Waals surface area contributed by atoms with Crippen molar-refractivity contribution < 1.29 is 4.79 Å². The SMILES string of the molecule is CC(C)(CNc1nc(N)nc(-n2cccn2)n1)C(N)=O. The number of hydrogen-bond donors (Lipinski definition) is 3. The minimum atomic E-state index is -0.729. The largest absolute Gasteiger partial charge is 0.369 e. The maximum absolute atomic E-state index is 11.3. The van der Waals surface area contributed by atoms with Crippen LogP contribution in [0.1, 0.15) is 13.8 Å². The molecule has 1 amide bonds. The molecule has 2 aromatic rings. The Morgan fingerprint density at radius 3 is 2.75 bits per heavy atom. The first-order valence-electron chi connectivity index (χ1n) is 5.94. The summed E-state index contributed by atoms with van der Waals surface area (Å²) in [6.45, 7) is 3.73. The summed E-state index contributed by atoms with van der Waals surface area (Å²) in [7, 11) is 0. The van der Waals surface area contributed by atoms with Crippen molar-refractivity contribution in [3.05, 3.63) is 18.5 Å². The molecule has 2 aromatic heterocycles. The van der Waals surface area contributed by atoms with Gasteiger partial charge in [0.05, 0.1) is 5.41 Å². The maximum Gasteiger partial charge on any atom is 0.257 e. The Balaban J connectivity index is 2.19. The van der Waals surface area contributed by atoms with E-state index in [1.165, 1.54) is 4.68 Å². The van der Waals surface area contributed by atoms with E-state index in [1.54, 1.807) is 32.3 Å². The highest BCUT2D eigenvalue weighted by atomic mass is 16.1. The quantitative estimate of drug-likeness (QED) is 0.673.